The van der Waals surface area contributed by atoms with Gasteiger partial charge in [0.15, 0.2) is 0 Å². The molecule has 1 amide bonds. The maximum absolute atomic E-state index is 12.5. The number of hydrogen-bond acceptors (Lipinski definition) is 4. The Hall–Kier alpha value is -2.65. The van der Waals surface area contributed by atoms with Gasteiger partial charge in [0.2, 0.25) is 5.69 Å². The second kappa shape index (κ2) is 6.93. The highest BCUT2D eigenvalue weighted by molar-refractivity contribution is 6.33. The average molecular weight is 369 g/mol. The summed E-state index contributed by atoms with van der Waals surface area (Å²) >= 11 is 6.07. The van der Waals surface area contributed by atoms with Crippen molar-refractivity contribution in [3.63, 3.8) is 0 Å². The fourth-order valence-corrected chi connectivity index (χ4v) is 3.87. The lowest BCUT2D eigenvalue weighted by Gasteiger charge is -2.34. The molecule has 1 aromatic heterocycles. The maximum atomic E-state index is 12.5. The third-order valence-corrected chi connectivity index (χ3v) is 5.34. The SMILES string of the molecule is [C-]#[N+]c1ccc(OC2CCC(N3Cc4ncncc4C3=O)CC2)cc1Cl. The van der Waals surface area contributed by atoms with Crippen LogP contribution in [-0.4, -0.2) is 32.9 Å². The second-order valence-corrected chi connectivity index (χ2v) is 7.00. The van der Waals surface area contributed by atoms with Gasteiger partial charge in [0.1, 0.15) is 12.1 Å². The third-order valence-electron chi connectivity index (χ3n) is 5.03. The van der Waals surface area contributed by atoms with Crippen LogP contribution in [0.5, 0.6) is 5.75 Å². The molecule has 1 fully saturated rings. The first kappa shape index (κ1) is 16.8. The van der Waals surface area contributed by atoms with Gasteiger partial charge in [-0.05, 0) is 37.8 Å². The van der Waals surface area contributed by atoms with Crippen LogP contribution in [-0.2, 0) is 6.54 Å². The first-order valence-corrected chi connectivity index (χ1v) is 8.97. The van der Waals surface area contributed by atoms with Crippen molar-refractivity contribution in [2.45, 2.75) is 44.4 Å². The highest BCUT2D eigenvalue weighted by Crippen LogP contribution is 2.33. The van der Waals surface area contributed by atoms with E-state index in [0.717, 1.165) is 31.4 Å². The summed E-state index contributed by atoms with van der Waals surface area (Å²) in [6.45, 7) is 7.61. The predicted octanol–water partition coefficient (Wildman–Crippen LogP) is 4.03. The van der Waals surface area contributed by atoms with E-state index in [1.807, 2.05) is 4.90 Å². The van der Waals surface area contributed by atoms with Crippen LogP contribution in [0, 0.1) is 6.57 Å². The molecule has 0 bridgehead atoms. The van der Waals surface area contributed by atoms with Gasteiger partial charge in [0, 0.05) is 12.2 Å². The average Bonchev–Trinajstić information content (AvgIpc) is 3.00. The molecule has 0 spiro atoms. The molecule has 0 N–H and O–H groups in total. The molecule has 132 valence electrons. The molecule has 0 unspecified atom stereocenters. The number of amides is 1. The van der Waals surface area contributed by atoms with Gasteiger partial charge in [-0.15, -0.1) is 0 Å². The number of carbonyl (C=O) groups is 1. The zero-order valence-electron chi connectivity index (χ0n) is 14.1. The van der Waals surface area contributed by atoms with Crippen LogP contribution in [0.3, 0.4) is 0 Å². The molecule has 0 atom stereocenters. The minimum absolute atomic E-state index is 0.0338. The molecule has 0 radical (unpaired) electrons. The molecule has 1 saturated carbocycles. The lowest BCUT2D eigenvalue weighted by Crippen LogP contribution is -2.40. The van der Waals surface area contributed by atoms with E-state index in [4.69, 9.17) is 22.9 Å². The van der Waals surface area contributed by atoms with E-state index in [9.17, 15) is 4.79 Å². The van der Waals surface area contributed by atoms with Gasteiger partial charge < -0.3 is 9.64 Å². The van der Waals surface area contributed by atoms with Gasteiger partial charge in [0.25, 0.3) is 5.91 Å². The smallest absolute Gasteiger partial charge is 0.257 e. The number of hydrogen-bond donors (Lipinski definition) is 0. The highest BCUT2D eigenvalue weighted by Gasteiger charge is 2.36. The Morgan fingerprint density at radius 1 is 1.27 bits per heavy atom. The molecule has 26 heavy (non-hydrogen) atoms. The summed E-state index contributed by atoms with van der Waals surface area (Å²) in [5, 5.41) is 0.410. The van der Waals surface area contributed by atoms with Gasteiger partial charge in [-0.3, -0.25) is 4.79 Å². The lowest BCUT2D eigenvalue weighted by molar-refractivity contribution is 0.0560. The van der Waals surface area contributed by atoms with Gasteiger partial charge in [-0.2, -0.15) is 0 Å². The Labute approximate surface area is 156 Å². The van der Waals surface area contributed by atoms with Crippen molar-refractivity contribution in [1.82, 2.24) is 14.9 Å². The molecular formula is C19H17ClN4O2. The summed E-state index contributed by atoms with van der Waals surface area (Å²) in [4.78, 5) is 26.0. The van der Waals surface area contributed by atoms with Gasteiger partial charge >= 0.3 is 0 Å². The Bertz CT molecular complexity index is 887. The fourth-order valence-electron chi connectivity index (χ4n) is 3.66. The molecule has 1 aliphatic carbocycles. The van der Waals surface area contributed by atoms with Crippen molar-refractivity contribution < 1.29 is 9.53 Å². The molecule has 2 aliphatic rings. The van der Waals surface area contributed by atoms with E-state index in [1.54, 1.807) is 24.4 Å². The summed E-state index contributed by atoms with van der Waals surface area (Å²) in [6.07, 6.45) is 6.73. The van der Waals surface area contributed by atoms with E-state index in [0.29, 0.717) is 28.6 Å². The molecule has 2 heterocycles. The van der Waals surface area contributed by atoms with E-state index in [1.165, 1.54) is 6.33 Å². The van der Waals surface area contributed by atoms with E-state index >= 15 is 0 Å². The largest absolute Gasteiger partial charge is 0.490 e. The molecule has 4 rings (SSSR count). The molecular weight excluding hydrogens is 352 g/mol. The number of carbonyl (C=O) groups excluding carboxylic acids is 1. The topological polar surface area (TPSA) is 59.7 Å². The number of nitrogens with zero attached hydrogens (tertiary/aromatic N) is 4. The quantitative estimate of drug-likeness (QED) is 0.767. The van der Waals surface area contributed by atoms with Crippen LogP contribution in [0.2, 0.25) is 5.02 Å². The minimum atomic E-state index is 0.0338. The highest BCUT2D eigenvalue weighted by atomic mass is 35.5. The summed E-state index contributed by atoms with van der Waals surface area (Å²) in [7, 11) is 0. The molecule has 6 nitrogen and oxygen atoms in total. The zero-order valence-corrected chi connectivity index (χ0v) is 14.8. The lowest BCUT2D eigenvalue weighted by atomic mass is 9.92. The standard InChI is InChI=1S/C19H17ClN4O2/c1-21-17-7-6-14(8-16(17)20)26-13-4-2-12(3-5-13)24-10-18-15(19(24)25)9-22-11-23-18/h6-9,11-13H,2-5,10H2. The molecule has 1 aliphatic heterocycles. The maximum Gasteiger partial charge on any atom is 0.257 e. The van der Waals surface area contributed by atoms with Crippen LogP contribution in [0.15, 0.2) is 30.7 Å². The third kappa shape index (κ3) is 3.11. The first-order chi connectivity index (χ1) is 12.7. The summed E-state index contributed by atoms with van der Waals surface area (Å²) in [5.74, 6) is 0.720. The molecule has 7 heteroatoms. The van der Waals surface area contributed by atoms with E-state index in [2.05, 4.69) is 14.8 Å². The summed E-state index contributed by atoms with van der Waals surface area (Å²) in [5.41, 5.74) is 1.87. The van der Waals surface area contributed by atoms with Gasteiger partial charge in [0.05, 0.1) is 35.5 Å². The predicted molar refractivity (Wildman–Crippen MR) is 96.3 cm³/mol. The first-order valence-electron chi connectivity index (χ1n) is 8.59. The van der Waals surface area contributed by atoms with Crippen molar-refractivity contribution in [3.05, 3.63) is 58.4 Å². The van der Waals surface area contributed by atoms with Crippen molar-refractivity contribution in [2.24, 2.45) is 0 Å². The van der Waals surface area contributed by atoms with E-state index in [-0.39, 0.29) is 18.1 Å². The number of aromatic nitrogens is 2. The molecule has 1 aromatic carbocycles. The second-order valence-electron chi connectivity index (χ2n) is 6.59. The normalized spacial score (nSPS) is 22.0. The Balaban J connectivity index is 1.36. The van der Waals surface area contributed by atoms with Crippen LogP contribution >= 0.6 is 11.6 Å². The van der Waals surface area contributed by atoms with Crippen molar-refractivity contribution in [3.8, 4) is 5.75 Å². The van der Waals surface area contributed by atoms with Crippen molar-refractivity contribution >= 4 is 23.2 Å². The minimum Gasteiger partial charge on any atom is -0.490 e. The summed E-state index contributed by atoms with van der Waals surface area (Å²) < 4.78 is 6.02. The number of benzene rings is 1. The van der Waals surface area contributed by atoms with Crippen LogP contribution in [0.25, 0.3) is 4.85 Å². The number of halogens is 1. The van der Waals surface area contributed by atoms with Crippen LogP contribution < -0.4 is 4.74 Å². The number of rotatable bonds is 3. The Morgan fingerprint density at radius 3 is 2.77 bits per heavy atom. The zero-order chi connectivity index (χ0) is 18.1. The van der Waals surface area contributed by atoms with Crippen LogP contribution in [0.4, 0.5) is 5.69 Å². The van der Waals surface area contributed by atoms with Crippen molar-refractivity contribution in [1.29, 1.82) is 0 Å². The van der Waals surface area contributed by atoms with Gasteiger partial charge in [-0.1, -0.05) is 17.7 Å². The number of fused-ring (bicyclic) bond motifs is 1. The van der Waals surface area contributed by atoms with Crippen LogP contribution in [0.1, 0.15) is 41.7 Å². The fraction of sp³-hybridized carbons (Fsp3) is 0.368. The Kier molecular flexibility index (Phi) is 4.48. The van der Waals surface area contributed by atoms with E-state index < -0.39 is 0 Å². The monoisotopic (exact) mass is 368 g/mol. The Morgan fingerprint density at radius 2 is 2.08 bits per heavy atom. The molecule has 0 saturated heterocycles. The van der Waals surface area contributed by atoms with Gasteiger partial charge in [-0.25, -0.2) is 14.8 Å². The molecule has 2 aromatic rings. The number of ether oxygens (including phenoxy) is 1. The summed E-state index contributed by atoms with van der Waals surface area (Å²) in [6, 6.07) is 5.37. The van der Waals surface area contributed by atoms with Crippen molar-refractivity contribution in [2.75, 3.05) is 0 Å².